The van der Waals surface area contributed by atoms with Crippen LogP contribution >= 0.6 is 0 Å². The summed E-state index contributed by atoms with van der Waals surface area (Å²) in [6.07, 6.45) is -0.385. The summed E-state index contributed by atoms with van der Waals surface area (Å²) in [4.78, 5) is 6.11. The fraction of sp³-hybridized carbons (Fsp3) is 0.778. The lowest BCUT2D eigenvalue weighted by Crippen LogP contribution is -2.48. The monoisotopic (exact) mass is 196 g/mol. The minimum atomic E-state index is -0.385. The molecule has 1 aliphatic rings. The molecule has 0 radical (unpaired) electrons. The Morgan fingerprint density at radius 2 is 2.43 bits per heavy atom. The first kappa shape index (κ1) is 10.8. The van der Waals surface area contributed by atoms with E-state index in [0.29, 0.717) is 25.7 Å². The maximum Gasteiger partial charge on any atom is 0.191 e. The Bertz CT molecular complexity index is 256. The van der Waals surface area contributed by atoms with Gasteiger partial charge in [-0.1, -0.05) is 0 Å². The zero-order valence-electron chi connectivity index (χ0n) is 8.60. The number of aliphatic imine (C=N–C) groups is 1. The quantitative estimate of drug-likeness (QED) is 0.470. The lowest BCUT2D eigenvalue weighted by molar-refractivity contribution is 0.0259. The van der Waals surface area contributed by atoms with E-state index in [4.69, 9.17) is 15.7 Å². The van der Waals surface area contributed by atoms with Crippen molar-refractivity contribution in [3.63, 3.8) is 0 Å². The van der Waals surface area contributed by atoms with Crippen LogP contribution in [0.25, 0.3) is 0 Å². The summed E-state index contributed by atoms with van der Waals surface area (Å²) in [7, 11) is 0. The van der Waals surface area contributed by atoms with Gasteiger partial charge in [0.1, 0.15) is 0 Å². The Kier molecular flexibility index (Phi) is 3.72. The number of rotatable bonds is 1. The van der Waals surface area contributed by atoms with Crippen LogP contribution in [0.2, 0.25) is 0 Å². The molecule has 1 rings (SSSR count). The molecular weight excluding hydrogens is 180 g/mol. The average Bonchev–Trinajstić information content (AvgIpc) is 2.17. The summed E-state index contributed by atoms with van der Waals surface area (Å²) < 4.78 is 5.20. The number of nitriles is 1. The van der Waals surface area contributed by atoms with Gasteiger partial charge in [0, 0.05) is 12.6 Å². The van der Waals surface area contributed by atoms with Crippen molar-refractivity contribution in [2.45, 2.75) is 26.0 Å². The molecule has 1 atom stereocenters. The van der Waals surface area contributed by atoms with Gasteiger partial charge in [-0.3, -0.25) is 4.99 Å². The van der Waals surface area contributed by atoms with Gasteiger partial charge in [-0.2, -0.15) is 5.26 Å². The number of nitrogens with zero attached hydrogens (tertiary/aromatic N) is 3. The second kappa shape index (κ2) is 4.82. The van der Waals surface area contributed by atoms with E-state index in [1.807, 2.05) is 18.7 Å². The van der Waals surface area contributed by atoms with Gasteiger partial charge in [-0.05, 0) is 13.8 Å². The number of ether oxygens (including phenoxy) is 1. The van der Waals surface area contributed by atoms with Crippen molar-refractivity contribution in [1.29, 1.82) is 5.26 Å². The van der Waals surface area contributed by atoms with Crippen LogP contribution in [0.15, 0.2) is 4.99 Å². The first-order valence-electron chi connectivity index (χ1n) is 4.73. The molecule has 0 aromatic heterocycles. The Morgan fingerprint density at radius 3 is 3.00 bits per heavy atom. The minimum Gasteiger partial charge on any atom is -0.370 e. The van der Waals surface area contributed by atoms with E-state index in [0.717, 1.165) is 0 Å². The van der Waals surface area contributed by atoms with Gasteiger partial charge in [0.05, 0.1) is 19.2 Å². The van der Waals surface area contributed by atoms with E-state index >= 15 is 0 Å². The molecule has 1 saturated heterocycles. The van der Waals surface area contributed by atoms with Crippen molar-refractivity contribution in [3.8, 4) is 6.07 Å². The number of morpholine rings is 1. The summed E-state index contributed by atoms with van der Waals surface area (Å²) in [6, 6.07) is 2.25. The van der Waals surface area contributed by atoms with Crippen molar-refractivity contribution in [2.75, 3.05) is 19.7 Å². The van der Waals surface area contributed by atoms with Crippen LogP contribution in [-0.4, -0.2) is 42.7 Å². The van der Waals surface area contributed by atoms with Crippen LogP contribution in [-0.2, 0) is 4.74 Å². The topological polar surface area (TPSA) is 74.6 Å². The van der Waals surface area contributed by atoms with Crippen molar-refractivity contribution >= 4 is 5.96 Å². The lowest BCUT2D eigenvalue weighted by atomic mass is 10.3. The van der Waals surface area contributed by atoms with Crippen LogP contribution in [0.4, 0.5) is 0 Å². The normalized spacial score (nSPS) is 23.7. The number of hydrogen-bond donors (Lipinski definition) is 1. The Morgan fingerprint density at radius 1 is 1.71 bits per heavy atom. The zero-order chi connectivity index (χ0) is 10.6. The third kappa shape index (κ3) is 2.89. The number of guanidine groups is 1. The lowest BCUT2D eigenvalue weighted by Gasteiger charge is -2.30. The molecule has 0 aromatic rings. The molecule has 0 spiro atoms. The summed E-state index contributed by atoms with van der Waals surface area (Å²) in [6.45, 7) is 5.69. The van der Waals surface area contributed by atoms with Crippen LogP contribution < -0.4 is 5.73 Å². The third-order valence-electron chi connectivity index (χ3n) is 1.92. The summed E-state index contributed by atoms with van der Waals surface area (Å²) in [5.41, 5.74) is 5.78. The summed E-state index contributed by atoms with van der Waals surface area (Å²) in [5.74, 6) is 0.503. The molecule has 1 heterocycles. The first-order valence-corrected chi connectivity index (χ1v) is 4.73. The molecule has 1 fully saturated rings. The SMILES string of the molecule is CC(C)N=C(N)N1CCOC(C#N)C1. The molecule has 14 heavy (non-hydrogen) atoms. The fourth-order valence-electron chi connectivity index (χ4n) is 1.28. The first-order chi connectivity index (χ1) is 6.63. The highest BCUT2D eigenvalue weighted by atomic mass is 16.5. The Balaban J connectivity index is 2.56. The highest BCUT2D eigenvalue weighted by Gasteiger charge is 2.21. The van der Waals surface area contributed by atoms with Crippen molar-refractivity contribution in [1.82, 2.24) is 4.90 Å². The Labute approximate surface area is 84.2 Å². The molecule has 0 saturated carbocycles. The minimum absolute atomic E-state index is 0.179. The van der Waals surface area contributed by atoms with Gasteiger partial charge < -0.3 is 15.4 Å². The van der Waals surface area contributed by atoms with Gasteiger partial charge in [-0.15, -0.1) is 0 Å². The van der Waals surface area contributed by atoms with E-state index < -0.39 is 0 Å². The molecule has 0 amide bonds. The van der Waals surface area contributed by atoms with Crippen molar-refractivity contribution < 1.29 is 4.74 Å². The molecule has 1 unspecified atom stereocenters. The maximum atomic E-state index is 8.69. The van der Waals surface area contributed by atoms with E-state index in [2.05, 4.69) is 11.1 Å². The van der Waals surface area contributed by atoms with Crippen LogP contribution in [0.3, 0.4) is 0 Å². The van der Waals surface area contributed by atoms with Crippen molar-refractivity contribution in [3.05, 3.63) is 0 Å². The van der Waals surface area contributed by atoms with Crippen LogP contribution in [0, 0.1) is 11.3 Å². The predicted molar refractivity (Wildman–Crippen MR) is 53.7 cm³/mol. The van der Waals surface area contributed by atoms with E-state index in [1.54, 1.807) is 0 Å². The van der Waals surface area contributed by atoms with Gasteiger partial charge in [-0.25, -0.2) is 0 Å². The second-order valence-electron chi connectivity index (χ2n) is 3.52. The standard InChI is InChI=1S/C9H16N4O/c1-7(2)12-9(11)13-3-4-14-8(5-10)6-13/h7-8H,3-4,6H2,1-2H3,(H2,11,12). The smallest absolute Gasteiger partial charge is 0.191 e. The molecule has 2 N–H and O–H groups in total. The summed E-state index contributed by atoms with van der Waals surface area (Å²) >= 11 is 0. The predicted octanol–water partition coefficient (Wildman–Crippen LogP) is -0.0661. The van der Waals surface area contributed by atoms with Gasteiger partial charge in [0.25, 0.3) is 0 Å². The van der Waals surface area contributed by atoms with Crippen LogP contribution in [0.5, 0.6) is 0 Å². The largest absolute Gasteiger partial charge is 0.370 e. The molecule has 0 aliphatic carbocycles. The molecule has 78 valence electrons. The summed E-state index contributed by atoms with van der Waals surface area (Å²) in [5, 5.41) is 8.69. The average molecular weight is 196 g/mol. The molecule has 5 nitrogen and oxygen atoms in total. The molecule has 1 aliphatic heterocycles. The van der Waals surface area contributed by atoms with Gasteiger partial charge in [0.15, 0.2) is 12.1 Å². The zero-order valence-corrected chi connectivity index (χ0v) is 8.60. The second-order valence-corrected chi connectivity index (χ2v) is 3.52. The molecule has 0 aromatic carbocycles. The highest BCUT2D eigenvalue weighted by molar-refractivity contribution is 5.78. The maximum absolute atomic E-state index is 8.69. The molecule has 0 bridgehead atoms. The van der Waals surface area contributed by atoms with Crippen LogP contribution in [0.1, 0.15) is 13.8 Å². The third-order valence-corrected chi connectivity index (χ3v) is 1.92. The van der Waals surface area contributed by atoms with E-state index in [1.165, 1.54) is 0 Å². The van der Waals surface area contributed by atoms with Gasteiger partial charge >= 0.3 is 0 Å². The molecular formula is C9H16N4O. The van der Waals surface area contributed by atoms with Crippen molar-refractivity contribution in [2.24, 2.45) is 10.7 Å². The number of hydrogen-bond acceptors (Lipinski definition) is 3. The fourth-order valence-corrected chi connectivity index (χ4v) is 1.28. The Hall–Kier alpha value is -1.28. The van der Waals surface area contributed by atoms with E-state index in [-0.39, 0.29) is 12.1 Å². The highest BCUT2D eigenvalue weighted by Crippen LogP contribution is 2.04. The molecule has 5 heteroatoms. The van der Waals surface area contributed by atoms with Gasteiger partial charge in [0.2, 0.25) is 0 Å². The van der Waals surface area contributed by atoms with E-state index in [9.17, 15) is 0 Å². The number of nitrogens with two attached hydrogens (primary N) is 1.